The number of nitrogens with zero attached hydrogens (tertiary/aromatic N) is 1. The predicted molar refractivity (Wildman–Crippen MR) is 125 cm³/mol. The number of hydrogen-bond acceptors (Lipinski definition) is 5. The zero-order valence-corrected chi connectivity index (χ0v) is 19.6. The summed E-state index contributed by atoms with van der Waals surface area (Å²) < 4.78 is 5.32. The number of piperidine rings is 1. The second kappa shape index (κ2) is 11.5. The smallest absolute Gasteiger partial charge is 0.251 e. The van der Waals surface area contributed by atoms with E-state index in [1.807, 2.05) is 45.0 Å². The van der Waals surface area contributed by atoms with Gasteiger partial charge in [0.25, 0.3) is 5.91 Å². The number of ketones is 1. The lowest BCUT2D eigenvalue weighted by Crippen LogP contribution is -2.56. The largest absolute Gasteiger partial charge is 0.373 e. The van der Waals surface area contributed by atoms with Crippen LogP contribution in [0.4, 0.5) is 5.69 Å². The normalized spacial score (nSPS) is 22.5. The van der Waals surface area contributed by atoms with Gasteiger partial charge in [-0.2, -0.15) is 0 Å². The first-order valence-electron chi connectivity index (χ1n) is 12.0. The fourth-order valence-corrected chi connectivity index (χ4v) is 4.49. The number of hydrogen-bond donors (Lipinski definition) is 2. The van der Waals surface area contributed by atoms with Gasteiger partial charge < -0.3 is 20.3 Å². The van der Waals surface area contributed by atoms with Crippen LogP contribution in [0.1, 0.15) is 63.2 Å². The second-order valence-corrected chi connectivity index (χ2v) is 9.39. The predicted octanol–water partition coefficient (Wildman–Crippen LogP) is 2.93. The standard InChI is InChI=1S/C25H37N3O4/c1-4-18-15-32-16-22(29)23(18)27-25(31)21(14-17(2)3)26-24(30)19-8-10-20(11-9-19)28-12-6-5-7-13-28/h8-11,17-18,21,23H,4-7,12-16H2,1-3H3,(H,26,30)(H,27,31)/t18-,21+,23+/m1/s1. The Morgan fingerprint density at radius 1 is 1.12 bits per heavy atom. The quantitative estimate of drug-likeness (QED) is 0.645. The van der Waals surface area contributed by atoms with Crippen molar-refractivity contribution in [2.24, 2.45) is 11.8 Å². The van der Waals surface area contributed by atoms with Gasteiger partial charge in [0, 0.05) is 30.3 Å². The van der Waals surface area contributed by atoms with Gasteiger partial charge in [0.05, 0.1) is 12.6 Å². The van der Waals surface area contributed by atoms with Crippen LogP contribution >= 0.6 is 0 Å². The van der Waals surface area contributed by atoms with E-state index in [4.69, 9.17) is 4.74 Å². The number of Topliss-reactive ketones (excluding diaryl/α,β-unsaturated/α-hetero) is 1. The van der Waals surface area contributed by atoms with E-state index in [2.05, 4.69) is 15.5 Å². The van der Waals surface area contributed by atoms with Crippen LogP contribution in [-0.4, -0.2) is 56.0 Å². The van der Waals surface area contributed by atoms with Crippen molar-refractivity contribution in [1.82, 2.24) is 10.6 Å². The minimum absolute atomic E-state index is 0.0199. The number of ether oxygens (including phenoxy) is 1. The Kier molecular flexibility index (Phi) is 8.67. The molecule has 0 unspecified atom stereocenters. The zero-order valence-electron chi connectivity index (χ0n) is 19.6. The Balaban J connectivity index is 1.65. The van der Waals surface area contributed by atoms with Crippen molar-refractivity contribution in [3.63, 3.8) is 0 Å². The lowest BCUT2D eigenvalue weighted by atomic mass is 9.91. The van der Waals surface area contributed by atoms with Crippen molar-refractivity contribution >= 4 is 23.3 Å². The molecule has 3 atom stereocenters. The summed E-state index contributed by atoms with van der Waals surface area (Å²) in [6.07, 6.45) is 4.90. The van der Waals surface area contributed by atoms with Crippen LogP contribution < -0.4 is 15.5 Å². The molecule has 0 saturated carbocycles. The van der Waals surface area contributed by atoms with E-state index in [1.165, 1.54) is 19.3 Å². The highest BCUT2D eigenvalue weighted by Gasteiger charge is 2.34. The lowest BCUT2D eigenvalue weighted by Gasteiger charge is -2.32. The molecule has 1 aromatic rings. The van der Waals surface area contributed by atoms with Gasteiger partial charge >= 0.3 is 0 Å². The summed E-state index contributed by atoms with van der Waals surface area (Å²) in [4.78, 5) is 40.6. The van der Waals surface area contributed by atoms with Crippen molar-refractivity contribution in [3.8, 4) is 0 Å². The van der Waals surface area contributed by atoms with Crippen molar-refractivity contribution in [2.45, 2.75) is 65.0 Å². The summed E-state index contributed by atoms with van der Waals surface area (Å²) in [7, 11) is 0. The molecule has 32 heavy (non-hydrogen) atoms. The van der Waals surface area contributed by atoms with Crippen molar-refractivity contribution in [1.29, 1.82) is 0 Å². The monoisotopic (exact) mass is 443 g/mol. The maximum absolute atomic E-state index is 13.1. The Hall–Kier alpha value is -2.41. The van der Waals surface area contributed by atoms with Gasteiger partial charge in [-0.05, 0) is 62.3 Å². The molecule has 7 heteroatoms. The molecule has 2 aliphatic rings. The van der Waals surface area contributed by atoms with E-state index < -0.39 is 12.1 Å². The molecule has 0 aliphatic carbocycles. The van der Waals surface area contributed by atoms with Gasteiger partial charge in [0.15, 0.2) is 5.78 Å². The van der Waals surface area contributed by atoms with Crippen LogP contribution in [0, 0.1) is 11.8 Å². The van der Waals surface area contributed by atoms with E-state index in [1.54, 1.807) is 0 Å². The van der Waals surface area contributed by atoms with Crippen molar-refractivity contribution in [2.75, 3.05) is 31.2 Å². The van der Waals surface area contributed by atoms with Crippen LogP contribution in [0.2, 0.25) is 0 Å². The van der Waals surface area contributed by atoms with E-state index in [0.29, 0.717) is 18.6 Å². The maximum atomic E-state index is 13.1. The summed E-state index contributed by atoms with van der Waals surface area (Å²) in [5, 5.41) is 5.79. The number of benzene rings is 1. The molecule has 2 amide bonds. The van der Waals surface area contributed by atoms with Crippen molar-refractivity contribution in [3.05, 3.63) is 29.8 Å². The maximum Gasteiger partial charge on any atom is 0.251 e. The Morgan fingerprint density at radius 2 is 1.81 bits per heavy atom. The lowest BCUT2D eigenvalue weighted by molar-refractivity contribution is -0.138. The fraction of sp³-hybridized carbons (Fsp3) is 0.640. The molecule has 0 bridgehead atoms. The Labute approximate surface area is 191 Å². The molecule has 2 heterocycles. The molecule has 3 rings (SSSR count). The minimum atomic E-state index is -0.697. The molecule has 0 radical (unpaired) electrons. The van der Waals surface area contributed by atoms with E-state index in [9.17, 15) is 14.4 Å². The van der Waals surface area contributed by atoms with Crippen LogP contribution in [0.3, 0.4) is 0 Å². The summed E-state index contributed by atoms with van der Waals surface area (Å²) in [6, 6.07) is 6.33. The van der Waals surface area contributed by atoms with E-state index >= 15 is 0 Å². The highest BCUT2D eigenvalue weighted by Crippen LogP contribution is 2.21. The third-order valence-corrected chi connectivity index (χ3v) is 6.40. The molecule has 2 aliphatic heterocycles. The van der Waals surface area contributed by atoms with Gasteiger partial charge in [0.1, 0.15) is 12.6 Å². The molecular formula is C25H37N3O4. The van der Waals surface area contributed by atoms with E-state index in [0.717, 1.165) is 25.2 Å². The van der Waals surface area contributed by atoms with Gasteiger partial charge in [-0.25, -0.2) is 0 Å². The molecule has 7 nitrogen and oxygen atoms in total. The first-order valence-corrected chi connectivity index (χ1v) is 12.0. The fourth-order valence-electron chi connectivity index (χ4n) is 4.49. The number of carbonyl (C=O) groups excluding carboxylic acids is 3. The second-order valence-electron chi connectivity index (χ2n) is 9.39. The van der Waals surface area contributed by atoms with Gasteiger partial charge in [-0.3, -0.25) is 14.4 Å². The van der Waals surface area contributed by atoms with Crippen LogP contribution in [0.5, 0.6) is 0 Å². The first-order chi connectivity index (χ1) is 15.4. The Bertz CT molecular complexity index is 787. The molecule has 2 N–H and O–H groups in total. The third-order valence-electron chi connectivity index (χ3n) is 6.40. The molecule has 1 aromatic carbocycles. The average Bonchev–Trinajstić information content (AvgIpc) is 2.80. The summed E-state index contributed by atoms with van der Waals surface area (Å²) in [5.41, 5.74) is 1.65. The van der Waals surface area contributed by atoms with Gasteiger partial charge in [-0.15, -0.1) is 0 Å². The van der Waals surface area contributed by atoms with Crippen LogP contribution in [0.25, 0.3) is 0 Å². The first kappa shape index (κ1) is 24.2. The number of rotatable bonds is 8. The zero-order chi connectivity index (χ0) is 23.1. The van der Waals surface area contributed by atoms with Crippen LogP contribution in [0.15, 0.2) is 24.3 Å². The summed E-state index contributed by atoms with van der Waals surface area (Å²) >= 11 is 0. The average molecular weight is 444 g/mol. The number of nitrogens with one attached hydrogen (secondary N) is 2. The highest BCUT2D eigenvalue weighted by atomic mass is 16.5. The third kappa shape index (κ3) is 6.31. The van der Waals surface area contributed by atoms with Crippen LogP contribution in [-0.2, 0) is 14.3 Å². The van der Waals surface area contributed by atoms with Gasteiger partial charge in [-0.1, -0.05) is 20.8 Å². The van der Waals surface area contributed by atoms with Crippen molar-refractivity contribution < 1.29 is 19.1 Å². The number of amides is 2. The molecule has 176 valence electrons. The Morgan fingerprint density at radius 3 is 2.44 bits per heavy atom. The topological polar surface area (TPSA) is 87.7 Å². The van der Waals surface area contributed by atoms with E-state index in [-0.39, 0.29) is 36.0 Å². The molecule has 0 aromatic heterocycles. The van der Waals surface area contributed by atoms with Gasteiger partial charge in [0.2, 0.25) is 5.91 Å². The summed E-state index contributed by atoms with van der Waals surface area (Å²) in [5.74, 6) is -0.533. The molecule has 2 saturated heterocycles. The molecular weight excluding hydrogens is 406 g/mol. The molecule has 0 spiro atoms. The molecule has 2 fully saturated rings. The summed E-state index contributed by atoms with van der Waals surface area (Å²) in [6.45, 7) is 8.57. The SMILES string of the molecule is CC[C@@H]1COCC(=O)[C@H]1NC(=O)[C@H](CC(C)C)NC(=O)c1ccc(N2CCCCC2)cc1. The number of anilines is 1. The minimum Gasteiger partial charge on any atom is -0.373 e. The number of carbonyl (C=O) groups is 3. The highest BCUT2D eigenvalue weighted by molar-refractivity contribution is 5.99.